The molecule has 0 amide bonds. The van der Waals surface area contributed by atoms with Crippen LogP contribution in [0.4, 0.5) is 5.82 Å². The fourth-order valence-corrected chi connectivity index (χ4v) is 2.39. The largest absolute Gasteiger partial charge is 0.382 e. The lowest BCUT2D eigenvalue weighted by Crippen LogP contribution is -2.36. The smallest absolute Gasteiger partial charge is 0.356 e. The van der Waals surface area contributed by atoms with Crippen LogP contribution in [-0.4, -0.2) is 22.2 Å². The highest BCUT2D eigenvalue weighted by Gasteiger charge is 2.23. The highest BCUT2D eigenvalue weighted by Crippen LogP contribution is 2.23. The number of rotatable bonds is 3. The molecule has 0 aliphatic heterocycles. The van der Waals surface area contributed by atoms with Gasteiger partial charge < -0.3 is 10.6 Å². The number of nitrogens with two attached hydrogens (primary N) is 1. The molecule has 1 aliphatic rings. The topological polar surface area (TPSA) is 93.0 Å². The number of carbonyl (C=O) groups excluding carboxylic acids is 1. The number of hydrogen-bond donors (Lipinski definition) is 3. The fraction of sp³-hybridized carbons (Fsp3) is 0.286. The van der Waals surface area contributed by atoms with Crippen molar-refractivity contribution in [3.63, 3.8) is 0 Å². The first-order valence-corrected chi connectivity index (χ1v) is 6.57. The maximum atomic E-state index is 11.8. The predicted octanol–water partition coefficient (Wildman–Crippen LogP) is 1.21. The highest BCUT2D eigenvalue weighted by atomic mass is 16.7. The number of carbonyl (C=O) groups is 1. The van der Waals surface area contributed by atoms with Gasteiger partial charge in [-0.2, -0.15) is 5.10 Å². The molecule has 0 saturated carbocycles. The van der Waals surface area contributed by atoms with Crippen molar-refractivity contribution in [3.05, 3.63) is 47.2 Å². The standard InChI is InChI=1S/C14H16N4O2/c15-13-11-8-10(6-7-12(11)16-17-13)18-20-14(19)9-4-2-1-3-5-9/h1-5,10,18H,6-8H2,(H3,15,16,17). The molecule has 6 nitrogen and oxygen atoms in total. The van der Waals surface area contributed by atoms with E-state index in [1.54, 1.807) is 24.3 Å². The van der Waals surface area contributed by atoms with Crippen molar-refractivity contribution in [1.29, 1.82) is 0 Å². The predicted molar refractivity (Wildman–Crippen MR) is 73.8 cm³/mol. The normalized spacial score (nSPS) is 17.5. The van der Waals surface area contributed by atoms with Crippen molar-refractivity contribution < 1.29 is 9.63 Å². The number of nitrogens with one attached hydrogen (secondary N) is 2. The van der Waals surface area contributed by atoms with E-state index in [2.05, 4.69) is 15.7 Å². The van der Waals surface area contributed by atoms with Gasteiger partial charge in [0.1, 0.15) is 5.82 Å². The molecule has 1 aliphatic carbocycles. The van der Waals surface area contributed by atoms with E-state index in [9.17, 15) is 4.79 Å². The van der Waals surface area contributed by atoms with Crippen molar-refractivity contribution in [2.75, 3.05) is 5.73 Å². The van der Waals surface area contributed by atoms with Crippen molar-refractivity contribution in [1.82, 2.24) is 15.7 Å². The molecule has 0 fully saturated rings. The Kier molecular flexibility index (Phi) is 3.39. The Morgan fingerprint density at radius 1 is 1.40 bits per heavy atom. The average Bonchev–Trinajstić information content (AvgIpc) is 2.87. The van der Waals surface area contributed by atoms with Crippen molar-refractivity contribution >= 4 is 11.8 Å². The van der Waals surface area contributed by atoms with Crippen LogP contribution in [0.15, 0.2) is 30.3 Å². The zero-order chi connectivity index (χ0) is 13.9. The van der Waals surface area contributed by atoms with Gasteiger partial charge in [-0.1, -0.05) is 18.2 Å². The molecule has 0 radical (unpaired) electrons. The van der Waals surface area contributed by atoms with Crippen molar-refractivity contribution in [3.8, 4) is 0 Å². The summed E-state index contributed by atoms with van der Waals surface area (Å²) >= 11 is 0. The van der Waals surface area contributed by atoms with Crippen molar-refractivity contribution in [2.45, 2.75) is 25.3 Å². The molecule has 0 bridgehead atoms. The van der Waals surface area contributed by atoms with Gasteiger partial charge in [0.2, 0.25) is 0 Å². The summed E-state index contributed by atoms with van der Waals surface area (Å²) < 4.78 is 0. The van der Waals surface area contributed by atoms with Gasteiger partial charge in [-0.05, 0) is 31.4 Å². The lowest BCUT2D eigenvalue weighted by molar-refractivity contribution is 0.0139. The minimum Gasteiger partial charge on any atom is -0.382 e. The molecule has 1 aromatic heterocycles. The molecule has 1 heterocycles. The number of aromatic amines is 1. The van der Waals surface area contributed by atoms with Crippen LogP contribution in [0, 0.1) is 0 Å². The van der Waals surface area contributed by atoms with Gasteiger partial charge in [0.25, 0.3) is 0 Å². The third-order valence-electron chi connectivity index (χ3n) is 3.51. The molecule has 3 rings (SSSR count). The van der Waals surface area contributed by atoms with Gasteiger partial charge >= 0.3 is 5.97 Å². The molecule has 1 unspecified atom stereocenters. The first kappa shape index (κ1) is 12.7. The minimum atomic E-state index is -0.378. The summed E-state index contributed by atoms with van der Waals surface area (Å²) in [6, 6.07) is 8.96. The lowest BCUT2D eigenvalue weighted by atomic mass is 9.93. The number of anilines is 1. The zero-order valence-electron chi connectivity index (χ0n) is 10.9. The van der Waals surface area contributed by atoms with Crippen LogP contribution in [0.2, 0.25) is 0 Å². The van der Waals surface area contributed by atoms with E-state index in [-0.39, 0.29) is 12.0 Å². The summed E-state index contributed by atoms with van der Waals surface area (Å²) in [5, 5.41) is 6.92. The Hall–Kier alpha value is -2.34. The first-order chi connectivity index (χ1) is 9.74. The minimum absolute atomic E-state index is 0.0649. The second kappa shape index (κ2) is 5.34. The summed E-state index contributed by atoms with van der Waals surface area (Å²) in [5.41, 5.74) is 11.2. The molecule has 1 aromatic carbocycles. The molecule has 0 spiro atoms. The maximum Gasteiger partial charge on any atom is 0.356 e. The Morgan fingerprint density at radius 3 is 3.00 bits per heavy atom. The second-order valence-corrected chi connectivity index (χ2v) is 4.88. The Bertz CT molecular complexity index is 609. The Labute approximate surface area is 116 Å². The fourth-order valence-electron chi connectivity index (χ4n) is 2.39. The van der Waals surface area contributed by atoms with Crippen LogP contribution in [0.25, 0.3) is 0 Å². The van der Waals surface area contributed by atoms with E-state index in [1.807, 2.05) is 6.07 Å². The molecule has 2 aromatic rings. The molecule has 20 heavy (non-hydrogen) atoms. The van der Waals surface area contributed by atoms with E-state index < -0.39 is 0 Å². The number of hydroxylamine groups is 1. The number of hydrogen-bond acceptors (Lipinski definition) is 5. The van der Waals surface area contributed by atoms with E-state index in [4.69, 9.17) is 10.6 Å². The number of fused-ring (bicyclic) bond motifs is 1. The van der Waals surface area contributed by atoms with Crippen LogP contribution in [0.3, 0.4) is 0 Å². The molecular formula is C14H16N4O2. The summed E-state index contributed by atoms with van der Waals surface area (Å²) in [6.07, 6.45) is 2.43. The van der Waals surface area contributed by atoms with Crippen molar-refractivity contribution in [2.24, 2.45) is 0 Å². The molecule has 104 valence electrons. The molecule has 4 N–H and O–H groups in total. The number of benzene rings is 1. The molecular weight excluding hydrogens is 256 g/mol. The quantitative estimate of drug-likeness (QED) is 0.730. The van der Waals surface area contributed by atoms with Gasteiger partial charge in [-0.3, -0.25) is 5.10 Å². The maximum absolute atomic E-state index is 11.8. The molecule has 1 atom stereocenters. The molecule has 6 heteroatoms. The van der Waals surface area contributed by atoms with Crippen LogP contribution in [0.5, 0.6) is 0 Å². The average molecular weight is 272 g/mol. The van der Waals surface area contributed by atoms with Crippen LogP contribution in [-0.2, 0) is 17.7 Å². The number of nitrogen functional groups attached to an aromatic ring is 1. The van der Waals surface area contributed by atoms with E-state index >= 15 is 0 Å². The van der Waals surface area contributed by atoms with Crippen LogP contribution in [0.1, 0.15) is 28.0 Å². The van der Waals surface area contributed by atoms with Gasteiger partial charge in [-0.15, -0.1) is 5.48 Å². The second-order valence-electron chi connectivity index (χ2n) is 4.88. The number of nitrogens with zero attached hydrogens (tertiary/aromatic N) is 1. The Balaban J connectivity index is 1.58. The summed E-state index contributed by atoms with van der Waals surface area (Å²) in [4.78, 5) is 17.0. The molecule has 0 saturated heterocycles. The highest BCUT2D eigenvalue weighted by molar-refractivity contribution is 5.89. The number of H-pyrrole nitrogens is 1. The van der Waals surface area contributed by atoms with Gasteiger partial charge in [-0.25, -0.2) is 4.79 Å². The van der Waals surface area contributed by atoms with Gasteiger partial charge in [0, 0.05) is 17.3 Å². The van der Waals surface area contributed by atoms with E-state index in [0.717, 1.165) is 24.1 Å². The van der Waals surface area contributed by atoms with E-state index in [0.29, 0.717) is 17.8 Å². The monoisotopic (exact) mass is 272 g/mol. The SMILES string of the molecule is Nc1n[nH]c2c1CC(NOC(=O)c1ccccc1)CC2. The van der Waals surface area contributed by atoms with Gasteiger partial charge in [0.05, 0.1) is 5.56 Å². The van der Waals surface area contributed by atoms with E-state index in [1.165, 1.54) is 0 Å². The third-order valence-corrected chi connectivity index (χ3v) is 3.51. The summed E-state index contributed by atoms with van der Waals surface area (Å²) in [7, 11) is 0. The lowest BCUT2D eigenvalue weighted by Gasteiger charge is -2.22. The summed E-state index contributed by atoms with van der Waals surface area (Å²) in [6.45, 7) is 0. The van der Waals surface area contributed by atoms with Crippen LogP contribution >= 0.6 is 0 Å². The number of aromatic nitrogens is 2. The summed E-state index contributed by atoms with van der Waals surface area (Å²) in [5.74, 6) is 0.150. The van der Waals surface area contributed by atoms with Crippen LogP contribution < -0.4 is 11.2 Å². The number of aryl methyl sites for hydroxylation is 1. The first-order valence-electron chi connectivity index (χ1n) is 6.57. The van der Waals surface area contributed by atoms with Gasteiger partial charge in [0.15, 0.2) is 0 Å². The third kappa shape index (κ3) is 2.50. The zero-order valence-corrected chi connectivity index (χ0v) is 10.9. The Morgan fingerprint density at radius 2 is 2.20 bits per heavy atom.